The summed E-state index contributed by atoms with van der Waals surface area (Å²) < 4.78 is 14.8. The highest BCUT2D eigenvalue weighted by molar-refractivity contribution is 6.02. The summed E-state index contributed by atoms with van der Waals surface area (Å²) in [6.45, 7) is 6.11. The predicted molar refractivity (Wildman–Crippen MR) is 94.4 cm³/mol. The first kappa shape index (κ1) is 16.8. The second-order valence-electron chi connectivity index (χ2n) is 6.72. The van der Waals surface area contributed by atoms with Gasteiger partial charge in [0.15, 0.2) is 0 Å². The molecule has 0 unspecified atom stereocenters. The predicted octanol–water partition coefficient (Wildman–Crippen LogP) is 3.96. The fraction of sp³-hybridized carbons (Fsp3) is 0.211. The average molecular weight is 338 g/mol. The molecule has 128 valence electrons. The van der Waals surface area contributed by atoms with E-state index in [1.807, 2.05) is 26.8 Å². The van der Waals surface area contributed by atoms with Gasteiger partial charge >= 0.3 is 0 Å². The average Bonchev–Trinajstić information content (AvgIpc) is 3.00. The molecule has 0 aliphatic heterocycles. The Morgan fingerprint density at radius 1 is 1.12 bits per heavy atom. The topological polar surface area (TPSA) is 59.8 Å². The second kappa shape index (κ2) is 6.47. The zero-order valence-electron chi connectivity index (χ0n) is 14.3. The summed E-state index contributed by atoms with van der Waals surface area (Å²) in [5.74, 6) is -0.150. The van der Waals surface area contributed by atoms with Crippen LogP contribution < -0.4 is 5.32 Å². The van der Waals surface area contributed by atoms with Crippen molar-refractivity contribution in [2.24, 2.45) is 0 Å². The van der Waals surface area contributed by atoms with Crippen molar-refractivity contribution in [2.45, 2.75) is 26.2 Å². The van der Waals surface area contributed by atoms with E-state index >= 15 is 0 Å². The Hall–Kier alpha value is -3.02. The molecule has 1 N–H and O–H groups in total. The highest BCUT2D eigenvalue weighted by Crippen LogP contribution is 2.26. The van der Waals surface area contributed by atoms with Crippen LogP contribution >= 0.6 is 0 Å². The van der Waals surface area contributed by atoms with Gasteiger partial charge in [-0.1, -0.05) is 26.8 Å². The molecule has 5 nitrogen and oxygen atoms in total. The van der Waals surface area contributed by atoms with Crippen molar-refractivity contribution in [2.75, 3.05) is 5.32 Å². The van der Waals surface area contributed by atoms with Gasteiger partial charge in [0.2, 0.25) is 0 Å². The van der Waals surface area contributed by atoms with Crippen molar-refractivity contribution >= 4 is 11.7 Å². The Morgan fingerprint density at radius 3 is 2.44 bits per heavy atom. The van der Waals surface area contributed by atoms with Crippen LogP contribution in [0.5, 0.6) is 0 Å². The largest absolute Gasteiger partial charge is 0.305 e. The van der Waals surface area contributed by atoms with E-state index in [2.05, 4.69) is 15.4 Å². The number of nitrogens with zero attached hydrogens (tertiary/aromatic N) is 3. The van der Waals surface area contributed by atoms with Gasteiger partial charge in [0.25, 0.3) is 5.91 Å². The van der Waals surface area contributed by atoms with Crippen LogP contribution in [-0.4, -0.2) is 20.7 Å². The lowest BCUT2D eigenvalue weighted by Gasteiger charge is -2.14. The molecule has 0 aliphatic carbocycles. The monoisotopic (exact) mass is 338 g/mol. The molecule has 0 bridgehead atoms. The second-order valence-corrected chi connectivity index (χ2v) is 6.72. The van der Waals surface area contributed by atoms with E-state index in [-0.39, 0.29) is 17.1 Å². The van der Waals surface area contributed by atoms with Crippen LogP contribution in [0.15, 0.2) is 54.7 Å². The molecule has 0 saturated carbocycles. The third kappa shape index (κ3) is 3.74. The Kier molecular flexibility index (Phi) is 4.35. The minimum Gasteiger partial charge on any atom is -0.305 e. The molecule has 3 rings (SSSR count). The zero-order chi connectivity index (χ0) is 18.0. The maximum atomic E-state index is 13.2. The van der Waals surface area contributed by atoms with Crippen molar-refractivity contribution in [3.63, 3.8) is 0 Å². The number of anilines is 1. The van der Waals surface area contributed by atoms with Crippen molar-refractivity contribution in [3.05, 3.63) is 71.9 Å². The summed E-state index contributed by atoms with van der Waals surface area (Å²) in [5, 5.41) is 7.42. The molecule has 1 amide bonds. The van der Waals surface area contributed by atoms with Gasteiger partial charge in [0, 0.05) is 17.7 Å². The van der Waals surface area contributed by atoms with Gasteiger partial charge in [-0.3, -0.25) is 9.78 Å². The van der Waals surface area contributed by atoms with E-state index in [9.17, 15) is 9.18 Å². The molecule has 1 aromatic carbocycles. The minimum absolute atomic E-state index is 0.199. The first-order chi connectivity index (χ1) is 11.8. The van der Waals surface area contributed by atoms with Gasteiger partial charge in [0.1, 0.15) is 17.3 Å². The maximum absolute atomic E-state index is 13.2. The number of nitrogens with one attached hydrogen (secondary N) is 1. The number of hydrogen-bond donors (Lipinski definition) is 1. The van der Waals surface area contributed by atoms with E-state index in [1.165, 1.54) is 12.1 Å². The molecule has 0 atom stereocenters. The van der Waals surface area contributed by atoms with Crippen molar-refractivity contribution in [1.82, 2.24) is 14.8 Å². The first-order valence-electron chi connectivity index (χ1n) is 7.93. The van der Waals surface area contributed by atoms with Crippen LogP contribution in [0.1, 0.15) is 37.0 Å². The van der Waals surface area contributed by atoms with Gasteiger partial charge in [0.05, 0.1) is 11.4 Å². The molecular weight excluding hydrogens is 319 g/mol. The molecule has 3 aromatic rings. The van der Waals surface area contributed by atoms with E-state index in [0.717, 1.165) is 5.69 Å². The smallest absolute Gasteiger partial charge is 0.275 e. The summed E-state index contributed by atoms with van der Waals surface area (Å²) >= 11 is 0. The molecule has 25 heavy (non-hydrogen) atoms. The molecule has 0 saturated heterocycles. The lowest BCUT2D eigenvalue weighted by atomic mass is 9.92. The quantitative estimate of drug-likeness (QED) is 0.786. The number of pyridine rings is 1. The van der Waals surface area contributed by atoms with E-state index in [1.54, 1.807) is 41.2 Å². The Morgan fingerprint density at radius 2 is 1.84 bits per heavy atom. The Balaban J connectivity index is 2.00. The first-order valence-corrected chi connectivity index (χ1v) is 7.93. The summed E-state index contributed by atoms with van der Waals surface area (Å²) in [5.41, 5.74) is 1.59. The van der Waals surface area contributed by atoms with Crippen molar-refractivity contribution in [1.29, 1.82) is 0 Å². The van der Waals surface area contributed by atoms with Crippen LogP contribution in [0.2, 0.25) is 0 Å². The standard InChI is InChI=1S/C19H19FN4O/c1-19(2,3)16-12-17(22-18(25)15-6-4-5-11-21-15)24(23-16)14-9-7-13(20)8-10-14/h4-12H,1-3H3,(H,22,25). The van der Waals surface area contributed by atoms with Gasteiger partial charge < -0.3 is 5.32 Å². The lowest BCUT2D eigenvalue weighted by Crippen LogP contribution is -2.16. The summed E-state index contributed by atoms with van der Waals surface area (Å²) in [4.78, 5) is 16.5. The molecule has 2 aromatic heterocycles. The summed E-state index contributed by atoms with van der Waals surface area (Å²) in [6, 6.07) is 12.9. The maximum Gasteiger partial charge on any atom is 0.275 e. The molecule has 0 spiro atoms. The number of carbonyl (C=O) groups excluding carboxylic acids is 1. The number of carbonyl (C=O) groups is 1. The van der Waals surface area contributed by atoms with E-state index < -0.39 is 0 Å². The number of amides is 1. The minimum atomic E-state index is -0.329. The number of aromatic nitrogens is 3. The van der Waals surface area contributed by atoms with Crippen LogP contribution in [-0.2, 0) is 5.41 Å². The van der Waals surface area contributed by atoms with Crippen LogP contribution in [0.4, 0.5) is 10.2 Å². The van der Waals surface area contributed by atoms with Crippen LogP contribution in [0.25, 0.3) is 5.69 Å². The number of hydrogen-bond acceptors (Lipinski definition) is 3. The number of rotatable bonds is 3. The zero-order valence-corrected chi connectivity index (χ0v) is 14.3. The lowest BCUT2D eigenvalue weighted by molar-refractivity contribution is 0.102. The van der Waals surface area contributed by atoms with E-state index in [0.29, 0.717) is 17.2 Å². The Labute approximate surface area is 145 Å². The third-order valence-electron chi connectivity index (χ3n) is 3.69. The molecule has 6 heteroatoms. The number of halogens is 1. The van der Waals surface area contributed by atoms with Crippen molar-refractivity contribution in [3.8, 4) is 5.69 Å². The fourth-order valence-electron chi connectivity index (χ4n) is 2.29. The van der Waals surface area contributed by atoms with Gasteiger partial charge in [-0.2, -0.15) is 5.10 Å². The van der Waals surface area contributed by atoms with Crippen LogP contribution in [0.3, 0.4) is 0 Å². The highest BCUT2D eigenvalue weighted by Gasteiger charge is 2.22. The van der Waals surface area contributed by atoms with E-state index in [4.69, 9.17) is 0 Å². The molecular formula is C19H19FN4O. The normalized spacial score (nSPS) is 11.4. The number of benzene rings is 1. The molecule has 0 radical (unpaired) electrons. The molecule has 0 aliphatic rings. The molecule has 0 fully saturated rings. The summed E-state index contributed by atoms with van der Waals surface area (Å²) in [7, 11) is 0. The highest BCUT2D eigenvalue weighted by atomic mass is 19.1. The van der Waals surface area contributed by atoms with Crippen molar-refractivity contribution < 1.29 is 9.18 Å². The van der Waals surface area contributed by atoms with Crippen LogP contribution in [0, 0.1) is 5.82 Å². The summed E-state index contributed by atoms with van der Waals surface area (Å²) in [6.07, 6.45) is 1.56. The molecule has 2 heterocycles. The third-order valence-corrected chi connectivity index (χ3v) is 3.69. The Bertz CT molecular complexity index is 880. The fourth-order valence-corrected chi connectivity index (χ4v) is 2.29. The van der Waals surface area contributed by atoms with Gasteiger partial charge in [-0.15, -0.1) is 0 Å². The van der Waals surface area contributed by atoms with Gasteiger partial charge in [-0.25, -0.2) is 9.07 Å². The van der Waals surface area contributed by atoms with Gasteiger partial charge in [-0.05, 0) is 36.4 Å². The SMILES string of the molecule is CC(C)(C)c1cc(NC(=O)c2ccccn2)n(-c2ccc(F)cc2)n1.